The van der Waals surface area contributed by atoms with Crippen LogP contribution in [0.1, 0.15) is 6.92 Å². The highest BCUT2D eigenvalue weighted by molar-refractivity contribution is 8.00. The fraction of sp³-hybridized carbons (Fsp3) is 0.857. The van der Waals surface area contributed by atoms with Crippen molar-refractivity contribution in [3.8, 4) is 0 Å². The lowest BCUT2D eigenvalue weighted by Crippen LogP contribution is -2.39. The van der Waals surface area contributed by atoms with Crippen molar-refractivity contribution in [2.75, 3.05) is 25.4 Å². The Morgan fingerprint density at radius 2 is 2.64 bits per heavy atom. The minimum Gasteiger partial charge on any atom is -0.355 e. The molecule has 0 saturated carbocycles. The molecule has 1 fully saturated rings. The molecule has 3 nitrogen and oxygen atoms in total. The summed E-state index contributed by atoms with van der Waals surface area (Å²) >= 11 is 1.93. The molecule has 1 atom stereocenters. The van der Waals surface area contributed by atoms with E-state index in [1.54, 1.807) is 6.92 Å². The first-order valence-electron chi connectivity index (χ1n) is 3.86. The number of carbonyl (C=O) groups excluding carboxylic acids is 1. The van der Waals surface area contributed by atoms with Gasteiger partial charge < -0.3 is 10.6 Å². The van der Waals surface area contributed by atoms with Gasteiger partial charge in [-0.2, -0.15) is 11.8 Å². The maximum absolute atomic E-state index is 10.5. The molecule has 1 aliphatic rings. The van der Waals surface area contributed by atoms with Gasteiger partial charge in [-0.3, -0.25) is 4.79 Å². The zero-order chi connectivity index (χ0) is 8.10. The molecular weight excluding hydrogens is 160 g/mol. The first-order chi connectivity index (χ1) is 5.29. The number of hydrogen-bond acceptors (Lipinski definition) is 3. The minimum absolute atomic E-state index is 0.0659. The summed E-state index contributed by atoms with van der Waals surface area (Å²) in [6.45, 7) is 4.47. The third-order valence-electron chi connectivity index (χ3n) is 1.58. The van der Waals surface area contributed by atoms with E-state index in [0.29, 0.717) is 5.25 Å². The molecule has 11 heavy (non-hydrogen) atoms. The fourth-order valence-corrected chi connectivity index (χ4v) is 2.04. The summed E-state index contributed by atoms with van der Waals surface area (Å²) in [6, 6.07) is 0. The molecule has 0 aliphatic carbocycles. The van der Waals surface area contributed by atoms with Crippen molar-refractivity contribution in [3.63, 3.8) is 0 Å². The second kappa shape index (κ2) is 4.62. The Kier molecular flexibility index (Phi) is 3.72. The molecule has 1 unspecified atom stereocenters. The normalized spacial score (nSPS) is 24.6. The molecule has 1 aliphatic heterocycles. The number of nitrogens with one attached hydrogen (secondary N) is 2. The van der Waals surface area contributed by atoms with Crippen LogP contribution in [0, 0.1) is 0 Å². The van der Waals surface area contributed by atoms with Crippen LogP contribution in [0.5, 0.6) is 0 Å². The SMILES string of the molecule is CC(=O)NCC1CNCCS1. The maximum Gasteiger partial charge on any atom is 0.216 e. The third kappa shape index (κ3) is 3.62. The fourth-order valence-electron chi connectivity index (χ4n) is 1.01. The third-order valence-corrected chi connectivity index (χ3v) is 2.83. The van der Waals surface area contributed by atoms with Crippen molar-refractivity contribution in [1.82, 2.24) is 10.6 Å². The topological polar surface area (TPSA) is 41.1 Å². The van der Waals surface area contributed by atoms with Gasteiger partial charge in [0.15, 0.2) is 0 Å². The first-order valence-corrected chi connectivity index (χ1v) is 4.90. The van der Waals surface area contributed by atoms with E-state index in [1.807, 2.05) is 11.8 Å². The Balaban J connectivity index is 2.09. The summed E-state index contributed by atoms with van der Waals surface area (Å²) in [7, 11) is 0. The first kappa shape index (κ1) is 8.87. The van der Waals surface area contributed by atoms with Gasteiger partial charge >= 0.3 is 0 Å². The lowest BCUT2D eigenvalue weighted by atomic mass is 10.4. The summed E-state index contributed by atoms with van der Waals surface area (Å²) in [4.78, 5) is 10.5. The van der Waals surface area contributed by atoms with Gasteiger partial charge in [0.25, 0.3) is 0 Å². The Labute approximate surface area is 71.3 Å². The maximum atomic E-state index is 10.5. The number of carbonyl (C=O) groups is 1. The van der Waals surface area contributed by atoms with Gasteiger partial charge in [-0.05, 0) is 0 Å². The molecule has 0 aromatic rings. The average molecular weight is 174 g/mol. The smallest absolute Gasteiger partial charge is 0.216 e. The van der Waals surface area contributed by atoms with Crippen LogP contribution < -0.4 is 10.6 Å². The Hall–Kier alpha value is -0.220. The summed E-state index contributed by atoms with van der Waals surface area (Å²) in [5.41, 5.74) is 0. The lowest BCUT2D eigenvalue weighted by molar-refractivity contribution is -0.118. The minimum atomic E-state index is 0.0659. The highest BCUT2D eigenvalue weighted by Crippen LogP contribution is 2.11. The van der Waals surface area contributed by atoms with Gasteiger partial charge in [-0.25, -0.2) is 0 Å². The molecule has 1 heterocycles. The summed E-state index contributed by atoms with van der Waals surface area (Å²) in [5.74, 6) is 1.22. The summed E-state index contributed by atoms with van der Waals surface area (Å²) < 4.78 is 0. The van der Waals surface area contributed by atoms with Crippen LogP contribution in [0.3, 0.4) is 0 Å². The van der Waals surface area contributed by atoms with Crippen molar-refractivity contribution >= 4 is 17.7 Å². The Morgan fingerprint density at radius 1 is 1.82 bits per heavy atom. The molecule has 64 valence electrons. The van der Waals surface area contributed by atoms with E-state index in [2.05, 4.69) is 10.6 Å². The van der Waals surface area contributed by atoms with Crippen LogP contribution in [0.15, 0.2) is 0 Å². The van der Waals surface area contributed by atoms with E-state index < -0.39 is 0 Å². The zero-order valence-electron chi connectivity index (χ0n) is 6.72. The monoisotopic (exact) mass is 174 g/mol. The average Bonchev–Trinajstić information content (AvgIpc) is 2.03. The Bertz CT molecular complexity index is 134. The number of rotatable bonds is 2. The molecule has 1 saturated heterocycles. The largest absolute Gasteiger partial charge is 0.355 e. The standard InChI is InChI=1S/C7H14N2OS/c1-6(10)9-5-7-4-8-2-3-11-7/h7-8H,2-5H2,1H3,(H,9,10). The van der Waals surface area contributed by atoms with Gasteiger partial charge in [0.05, 0.1) is 0 Å². The second-order valence-electron chi connectivity index (χ2n) is 2.63. The van der Waals surface area contributed by atoms with Crippen LogP contribution >= 0.6 is 11.8 Å². The molecule has 4 heteroatoms. The highest BCUT2D eigenvalue weighted by Gasteiger charge is 2.12. The van der Waals surface area contributed by atoms with E-state index in [1.165, 1.54) is 0 Å². The molecule has 0 radical (unpaired) electrons. The summed E-state index contributed by atoms with van der Waals surface area (Å²) in [6.07, 6.45) is 0. The van der Waals surface area contributed by atoms with E-state index in [4.69, 9.17) is 0 Å². The zero-order valence-corrected chi connectivity index (χ0v) is 7.54. The van der Waals surface area contributed by atoms with E-state index in [9.17, 15) is 4.79 Å². The van der Waals surface area contributed by atoms with Crippen LogP contribution in [0.2, 0.25) is 0 Å². The Morgan fingerprint density at radius 3 is 3.18 bits per heavy atom. The van der Waals surface area contributed by atoms with Crippen LogP contribution in [0.4, 0.5) is 0 Å². The van der Waals surface area contributed by atoms with Crippen molar-refractivity contribution in [2.24, 2.45) is 0 Å². The van der Waals surface area contributed by atoms with Gasteiger partial charge in [-0.15, -0.1) is 0 Å². The highest BCUT2D eigenvalue weighted by atomic mass is 32.2. The van der Waals surface area contributed by atoms with Crippen LogP contribution in [-0.2, 0) is 4.79 Å². The molecule has 0 aromatic carbocycles. The van der Waals surface area contributed by atoms with Gasteiger partial charge in [0, 0.05) is 37.6 Å². The predicted molar refractivity (Wildman–Crippen MR) is 47.8 cm³/mol. The van der Waals surface area contributed by atoms with E-state index in [-0.39, 0.29) is 5.91 Å². The molecular formula is C7H14N2OS. The van der Waals surface area contributed by atoms with Gasteiger partial charge in [0.2, 0.25) is 5.91 Å². The number of amides is 1. The van der Waals surface area contributed by atoms with Gasteiger partial charge in [-0.1, -0.05) is 0 Å². The molecule has 1 amide bonds. The van der Waals surface area contributed by atoms with Crippen LogP contribution in [-0.4, -0.2) is 36.5 Å². The predicted octanol–water partition coefficient (Wildman–Crippen LogP) is -0.173. The van der Waals surface area contributed by atoms with Crippen molar-refractivity contribution in [2.45, 2.75) is 12.2 Å². The molecule has 2 N–H and O–H groups in total. The van der Waals surface area contributed by atoms with Crippen molar-refractivity contribution in [1.29, 1.82) is 0 Å². The van der Waals surface area contributed by atoms with E-state index in [0.717, 1.165) is 25.4 Å². The molecule has 0 spiro atoms. The number of hydrogen-bond donors (Lipinski definition) is 2. The molecule has 1 rings (SSSR count). The van der Waals surface area contributed by atoms with Crippen LogP contribution in [0.25, 0.3) is 0 Å². The van der Waals surface area contributed by atoms with Crippen molar-refractivity contribution < 1.29 is 4.79 Å². The summed E-state index contributed by atoms with van der Waals surface area (Å²) in [5, 5.41) is 6.66. The molecule has 0 aromatic heterocycles. The quantitative estimate of drug-likeness (QED) is 0.610. The van der Waals surface area contributed by atoms with Crippen molar-refractivity contribution in [3.05, 3.63) is 0 Å². The lowest BCUT2D eigenvalue weighted by Gasteiger charge is -2.22. The van der Waals surface area contributed by atoms with E-state index >= 15 is 0 Å². The number of thioether (sulfide) groups is 1. The molecule has 0 bridgehead atoms. The second-order valence-corrected chi connectivity index (χ2v) is 4.04. The van der Waals surface area contributed by atoms with Gasteiger partial charge in [0.1, 0.15) is 0 Å².